The zero-order valence-corrected chi connectivity index (χ0v) is 12.4. The molecule has 0 spiro atoms. The van der Waals surface area contributed by atoms with Gasteiger partial charge in [0.25, 0.3) is 0 Å². The van der Waals surface area contributed by atoms with Gasteiger partial charge in [-0.25, -0.2) is 0 Å². The molecule has 0 radical (unpaired) electrons. The Labute approximate surface area is 120 Å². The van der Waals surface area contributed by atoms with Crippen LogP contribution >= 0.6 is 0 Å². The van der Waals surface area contributed by atoms with Gasteiger partial charge in [-0.05, 0) is 25.7 Å². The summed E-state index contributed by atoms with van der Waals surface area (Å²) in [5.74, 6) is 0.0727. The third kappa shape index (κ3) is 3.95. The molecule has 1 unspecified atom stereocenters. The largest absolute Gasteiger partial charge is 0.389 e. The molecular formula is C15H26N2O3. The summed E-state index contributed by atoms with van der Waals surface area (Å²) in [6, 6.07) is 0.0679. The summed E-state index contributed by atoms with van der Waals surface area (Å²) in [6.07, 6.45) is 6.06. The van der Waals surface area contributed by atoms with Gasteiger partial charge in [-0.2, -0.15) is 0 Å². The first-order valence-electron chi connectivity index (χ1n) is 7.82. The normalized spacial score (nSPS) is 25.5. The van der Waals surface area contributed by atoms with Crippen LogP contribution in [0.1, 0.15) is 58.3 Å². The first-order chi connectivity index (χ1) is 9.52. The molecule has 0 aromatic heterocycles. The Morgan fingerprint density at radius 1 is 1.30 bits per heavy atom. The molecule has 1 atom stereocenters. The van der Waals surface area contributed by atoms with E-state index >= 15 is 0 Å². The molecule has 2 N–H and O–H groups in total. The Kier molecular flexibility index (Phi) is 5.02. The van der Waals surface area contributed by atoms with Crippen LogP contribution in [0.5, 0.6) is 0 Å². The summed E-state index contributed by atoms with van der Waals surface area (Å²) in [7, 11) is 0. The predicted molar refractivity (Wildman–Crippen MR) is 76.1 cm³/mol. The zero-order valence-electron chi connectivity index (χ0n) is 12.4. The number of hydrogen-bond acceptors (Lipinski definition) is 3. The van der Waals surface area contributed by atoms with Crippen LogP contribution in [0.2, 0.25) is 0 Å². The van der Waals surface area contributed by atoms with Crippen LogP contribution in [0.15, 0.2) is 0 Å². The summed E-state index contributed by atoms with van der Waals surface area (Å²) < 4.78 is 0. The van der Waals surface area contributed by atoms with Crippen LogP contribution in [-0.2, 0) is 9.59 Å². The van der Waals surface area contributed by atoms with E-state index in [1.807, 2.05) is 6.92 Å². The quantitative estimate of drug-likeness (QED) is 0.814. The molecule has 5 heteroatoms. The molecule has 2 amide bonds. The third-order valence-electron chi connectivity index (χ3n) is 4.47. The van der Waals surface area contributed by atoms with Gasteiger partial charge in [-0.15, -0.1) is 0 Å². The van der Waals surface area contributed by atoms with Gasteiger partial charge in [-0.1, -0.05) is 19.8 Å². The molecule has 2 rings (SSSR count). The highest BCUT2D eigenvalue weighted by Crippen LogP contribution is 2.33. The number of aliphatic hydroxyl groups is 1. The van der Waals surface area contributed by atoms with Crippen molar-refractivity contribution in [1.29, 1.82) is 0 Å². The lowest BCUT2D eigenvalue weighted by molar-refractivity contribution is -0.138. The summed E-state index contributed by atoms with van der Waals surface area (Å²) >= 11 is 0. The Hall–Kier alpha value is -1.10. The summed E-state index contributed by atoms with van der Waals surface area (Å²) in [5.41, 5.74) is -0.781. The van der Waals surface area contributed by atoms with E-state index in [9.17, 15) is 14.7 Å². The lowest BCUT2D eigenvalue weighted by Crippen LogP contribution is -2.50. The molecular weight excluding hydrogens is 256 g/mol. The lowest BCUT2D eigenvalue weighted by atomic mass is 9.96. The Morgan fingerprint density at radius 2 is 2.00 bits per heavy atom. The Balaban J connectivity index is 1.85. The fourth-order valence-electron chi connectivity index (χ4n) is 3.25. The average Bonchev–Trinajstić information content (AvgIpc) is 2.85. The summed E-state index contributed by atoms with van der Waals surface area (Å²) in [6.45, 7) is 3.16. The number of amides is 2. The monoisotopic (exact) mass is 282 g/mol. The van der Waals surface area contributed by atoms with E-state index in [1.54, 1.807) is 4.90 Å². The lowest BCUT2D eigenvalue weighted by Gasteiger charge is -2.35. The van der Waals surface area contributed by atoms with Gasteiger partial charge in [0.15, 0.2) is 0 Å². The molecule has 5 nitrogen and oxygen atoms in total. The minimum atomic E-state index is -0.781. The highest BCUT2D eigenvalue weighted by Gasteiger charge is 2.36. The maximum atomic E-state index is 12.3. The van der Waals surface area contributed by atoms with Crippen molar-refractivity contribution in [1.82, 2.24) is 10.2 Å². The number of rotatable bonds is 4. The van der Waals surface area contributed by atoms with Gasteiger partial charge in [0, 0.05) is 25.6 Å². The molecule has 0 aromatic rings. The summed E-state index contributed by atoms with van der Waals surface area (Å²) in [5, 5.41) is 13.3. The molecule has 20 heavy (non-hydrogen) atoms. The van der Waals surface area contributed by atoms with Gasteiger partial charge in [0.1, 0.15) is 0 Å². The number of piperidine rings is 1. The molecule has 0 bridgehead atoms. The fraction of sp³-hybridized carbons (Fsp3) is 0.867. The Bertz CT molecular complexity index is 364. The second-order valence-electron chi connectivity index (χ2n) is 6.21. The van der Waals surface area contributed by atoms with Crippen molar-refractivity contribution in [3.63, 3.8) is 0 Å². The van der Waals surface area contributed by atoms with Crippen LogP contribution in [0.4, 0.5) is 0 Å². The minimum absolute atomic E-state index is 0.0323. The summed E-state index contributed by atoms with van der Waals surface area (Å²) in [4.78, 5) is 25.6. The molecule has 1 saturated carbocycles. The van der Waals surface area contributed by atoms with E-state index in [4.69, 9.17) is 0 Å². The van der Waals surface area contributed by atoms with Crippen molar-refractivity contribution >= 4 is 11.8 Å². The van der Waals surface area contributed by atoms with E-state index in [1.165, 1.54) is 0 Å². The van der Waals surface area contributed by atoms with E-state index in [0.29, 0.717) is 13.0 Å². The highest BCUT2D eigenvalue weighted by molar-refractivity contribution is 5.78. The highest BCUT2D eigenvalue weighted by atomic mass is 16.3. The van der Waals surface area contributed by atoms with Crippen molar-refractivity contribution in [2.45, 2.75) is 69.9 Å². The second-order valence-corrected chi connectivity index (χ2v) is 6.21. The van der Waals surface area contributed by atoms with Crippen LogP contribution in [0, 0.1) is 0 Å². The predicted octanol–water partition coefficient (Wildman–Crippen LogP) is 1.20. The van der Waals surface area contributed by atoms with Gasteiger partial charge >= 0.3 is 0 Å². The molecule has 1 aliphatic carbocycles. The van der Waals surface area contributed by atoms with E-state index in [2.05, 4.69) is 5.32 Å². The van der Waals surface area contributed by atoms with E-state index in [-0.39, 0.29) is 24.3 Å². The van der Waals surface area contributed by atoms with Crippen molar-refractivity contribution in [2.75, 3.05) is 13.1 Å². The molecule has 1 heterocycles. The number of likely N-dealkylation sites (tertiary alicyclic amines) is 1. The topological polar surface area (TPSA) is 69.6 Å². The van der Waals surface area contributed by atoms with Crippen molar-refractivity contribution in [3.8, 4) is 0 Å². The fourth-order valence-corrected chi connectivity index (χ4v) is 3.25. The van der Waals surface area contributed by atoms with Gasteiger partial charge in [0.2, 0.25) is 11.8 Å². The number of carbonyl (C=O) groups is 2. The maximum absolute atomic E-state index is 12.3. The number of nitrogens with zero attached hydrogens (tertiary/aromatic N) is 1. The SMILES string of the molecule is CCC(=O)NC1CCCN(C(=O)CC2(O)CCCC2)C1. The van der Waals surface area contributed by atoms with Crippen molar-refractivity contribution in [3.05, 3.63) is 0 Å². The molecule has 0 aromatic carbocycles. The molecule has 2 aliphatic rings. The maximum Gasteiger partial charge on any atom is 0.225 e. The molecule has 114 valence electrons. The number of carbonyl (C=O) groups excluding carboxylic acids is 2. The zero-order chi connectivity index (χ0) is 14.6. The van der Waals surface area contributed by atoms with Crippen molar-refractivity contribution in [2.24, 2.45) is 0 Å². The van der Waals surface area contributed by atoms with Crippen LogP contribution < -0.4 is 5.32 Å². The first-order valence-corrected chi connectivity index (χ1v) is 7.82. The average molecular weight is 282 g/mol. The van der Waals surface area contributed by atoms with Crippen LogP contribution in [0.25, 0.3) is 0 Å². The minimum Gasteiger partial charge on any atom is -0.389 e. The van der Waals surface area contributed by atoms with Crippen LogP contribution in [0.3, 0.4) is 0 Å². The van der Waals surface area contributed by atoms with Crippen molar-refractivity contribution < 1.29 is 14.7 Å². The number of nitrogens with one attached hydrogen (secondary N) is 1. The number of hydrogen-bond donors (Lipinski definition) is 2. The third-order valence-corrected chi connectivity index (χ3v) is 4.47. The standard InChI is InChI=1S/C15H26N2O3/c1-2-13(18)16-12-6-5-9-17(11-12)14(19)10-15(20)7-3-4-8-15/h12,20H,2-11H2,1H3,(H,16,18). The van der Waals surface area contributed by atoms with Gasteiger partial charge in [0.05, 0.1) is 12.0 Å². The smallest absolute Gasteiger partial charge is 0.225 e. The Morgan fingerprint density at radius 3 is 2.65 bits per heavy atom. The van der Waals surface area contributed by atoms with E-state index < -0.39 is 5.60 Å². The molecule has 2 fully saturated rings. The van der Waals surface area contributed by atoms with E-state index in [0.717, 1.165) is 45.1 Å². The molecule has 1 saturated heterocycles. The molecule has 1 aliphatic heterocycles. The van der Waals surface area contributed by atoms with Gasteiger partial charge < -0.3 is 15.3 Å². The second kappa shape index (κ2) is 6.57. The first kappa shape index (κ1) is 15.3. The van der Waals surface area contributed by atoms with Gasteiger partial charge in [-0.3, -0.25) is 9.59 Å². The van der Waals surface area contributed by atoms with Crippen LogP contribution in [-0.4, -0.2) is 46.6 Å².